The summed E-state index contributed by atoms with van der Waals surface area (Å²) in [5, 5.41) is 3.41. The highest BCUT2D eigenvalue weighted by molar-refractivity contribution is 7.88. The van der Waals surface area contributed by atoms with E-state index in [0.29, 0.717) is 5.69 Å². The van der Waals surface area contributed by atoms with Crippen molar-refractivity contribution in [3.05, 3.63) is 53.5 Å². The van der Waals surface area contributed by atoms with E-state index in [1.54, 1.807) is 7.05 Å². The van der Waals surface area contributed by atoms with Crippen LogP contribution in [0.2, 0.25) is 0 Å². The van der Waals surface area contributed by atoms with Crippen molar-refractivity contribution in [3.8, 4) is 0 Å². The lowest BCUT2D eigenvalue weighted by atomic mass is 10.2. The zero-order chi connectivity index (χ0) is 19.4. The van der Waals surface area contributed by atoms with Gasteiger partial charge >= 0.3 is 0 Å². The fourth-order valence-corrected chi connectivity index (χ4v) is 4.26. The fraction of sp³-hybridized carbons (Fsp3) is 0.474. The van der Waals surface area contributed by atoms with E-state index in [1.807, 2.05) is 55.4 Å². The monoisotopic (exact) mass is 389 g/mol. The predicted molar refractivity (Wildman–Crippen MR) is 107 cm³/mol. The first-order chi connectivity index (χ1) is 12.8. The van der Waals surface area contributed by atoms with Gasteiger partial charge in [0.25, 0.3) is 0 Å². The number of anilines is 1. The number of nitrogens with zero attached hydrogens (tertiary/aromatic N) is 4. The quantitative estimate of drug-likeness (QED) is 0.780. The molecule has 27 heavy (non-hydrogen) atoms. The van der Waals surface area contributed by atoms with E-state index in [4.69, 9.17) is 0 Å². The Morgan fingerprint density at radius 2 is 1.89 bits per heavy atom. The normalized spacial score (nSPS) is 17.4. The van der Waals surface area contributed by atoms with Crippen LogP contribution in [0.1, 0.15) is 36.0 Å². The van der Waals surface area contributed by atoms with Crippen molar-refractivity contribution >= 4 is 15.8 Å². The van der Waals surface area contributed by atoms with Crippen LogP contribution in [0.25, 0.3) is 0 Å². The molecule has 1 aliphatic rings. The summed E-state index contributed by atoms with van der Waals surface area (Å²) in [4.78, 5) is 11.2. The third-order valence-electron chi connectivity index (χ3n) is 4.66. The molecule has 1 saturated heterocycles. The number of nitrogens with one attached hydrogen (secondary N) is 1. The summed E-state index contributed by atoms with van der Waals surface area (Å²) in [6, 6.07) is 11.2. The van der Waals surface area contributed by atoms with Gasteiger partial charge in [0, 0.05) is 27.2 Å². The molecular weight excluding hydrogens is 362 g/mol. The van der Waals surface area contributed by atoms with Crippen LogP contribution in [-0.2, 0) is 22.3 Å². The van der Waals surface area contributed by atoms with Gasteiger partial charge in [0.2, 0.25) is 10.0 Å². The molecular formula is C19H27N5O2S. The van der Waals surface area contributed by atoms with Gasteiger partial charge < -0.3 is 10.2 Å². The molecule has 1 fully saturated rings. The summed E-state index contributed by atoms with van der Waals surface area (Å²) in [6.45, 7) is 1.18. The van der Waals surface area contributed by atoms with Crippen LogP contribution in [-0.4, -0.2) is 50.4 Å². The van der Waals surface area contributed by atoms with Gasteiger partial charge in [-0.15, -0.1) is 0 Å². The predicted octanol–water partition coefficient (Wildman–Crippen LogP) is 1.93. The zero-order valence-corrected chi connectivity index (χ0v) is 16.9. The summed E-state index contributed by atoms with van der Waals surface area (Å²) >= 11 is 0. The maximum absolute atomic E-state index is 12.7. The topological polar surface area (TPSA) is 78.4 Å². The highest BCUT2D eigenvalue weighted by atomic mass is 32.2. The second kappa shape index (κ2) is 8.33. The smallest absolute Gasteiger partial charge is 0.218 e. The average Bonchev–Trinajstić information content (AvgIpc) is 3.16. The minimum Gasteiger partial charge on any atom is -0.363 e. The Kier molecular flexibility index (Phi) is 6.08. The molecule has 8 heteroatoms. The molecule has 7 nitrogen and oxygen atoms in total. The van der Waals surface area contributed by atoms with E-state index >= 15 is 0 Å². The van der Waals surface area contributed by atoms with Crippen LogP contribution >= 0.6 is 0 Å². The van der Waals surface area contributed by atoms with Crippen molar-refractivity contribution in [2.45, 2.75) is 31.2 Å². The van der Waals surface area contributed by atoms with Crippen molar-refractivity contribution in [3.63, 3.8) is 0 Å². The molecule has 0 bridgehead atoms. The number of hydrogen-bond donors (Lipinski definition) is 1. The highest BCUT2D eigenvalue weighted by Gasteiger charge is 2.23. The molecule has 0 spiro atoms. The van der Waals surface area contributed by atoms with Gasteiger partial charge in [-0.3, -0.25) is 0 Å². The molecule has 0 radical (unpaired) electrons. The molecule has 1 aliphatic heterocycles. The number of hydrogen-bond acceptors (Lipinski definition) is 6. The molecule has 1 aromatic heterocycles. The Bertz CT molecular complexity index is 865. The van der Waals surface area contributed by atoms with E-state index in [9.17, 15) is 8.42 Å². The van der Waals surface area contributed by atoms with Gasteiger partial charge in [0.15, 0.2) is 0 Å². The van der Waals surface area contributed by atoms with Gasteiger partial charge in [-0.25, -0.2) is 18.4 Å². The molecule has 1 aromatic carbocycles. The fourth-order valence-electron chi connectivity index (χ4n) is 3.10. The Hall–Kier alpha value is -2.03. The Morgan fingerprint density at radius 1 is 1.15 bits per heavy atom. The van der Waals surface area contributed by atoms with Crippen LogP contribution in [0, 0.1) is 0 Å². The van der Waals surface area contributed by atoms with Crippen LogP contribution in [0.3, 0.4) is 0 Å². The van der Waals surface area contributed by atoms with Crippen molar-refractivity contribution < 1.29 is 8.42 Å². The zero-order valence-electron chi connectivity index (χ0n) is 16.1. The minimum atomic E-state index is -3.43. The number of benzene rings is 1. The Labute approximate surface area is 161 Å². The third-order valence-corrected chi connectivity index (χ3v) is 6.44. The maximum Gasteiger partial charge on any atom is 0.218 e. The Morgan fingerprint density at radius 3 is 2.52 bits per heavy atom. The molecule has 3 rings (SSSR count). The molecule has 2 aromatic rings. The molecule has 0 aliphatic carbocycles. The van der Waals surface area contributed by atoms with Crippen LogP contribution in [0.5, 0.6) is 0 Å². The molecule has 146 valence electrons. The van der Waals surface area contributed by atoms with E-state index in [0.717, 1.165) is 36.6 Å². The summed E-state index contributed by atoms with van der Waals surface area (Å²) in [7, 11) is 2.02. The molecule has 2 heterocycles. The van der Waals surface area contributed by atoms with Crippen LogP contribution in [0.15, 0.2) is 36.4 Å². The number of sulfonamides is 1. The van der Waals surface area contributed by atoms with Gasteiger partial charge in [-0.05, 0) is 24.9 Å². The van der Waals surface area contributed by atoms with Gasteiger partial charge in [-0.1, -0.05) is 30.3 Å². The highest BCUT2D eigenvalue weighted by Crippen LogP contribution is 2.23. The lowest BCUT2D eigenvalue weighted by Gasteiger charge is -2.20. The van der Waals surface area contributed by atoms with E-state index in [2.05, 4.69) is 15.3 Å². The molecule has 0 amide bonds. The van der Waals surface area contributed by atoms with Crippen molar-refractivity contribution in [1.82, 2.24) is 19.6 Å². The first-order valence-corrected chi connectivity index (χ1v) is 10.7. The molecule has 0 saturated carbocycles. The standard InChI is InChI=1S/C19H27N5O2S/c1-23(2)18-12-16(21-19(22-18)17-10-7-11-20-17)13-24(3)27(25,26)14-15-8-5-4-6-9-15/h4-6,8-9,12,17,20H,7,10-11,13-14H2,1-3H3/t17-/m0/s1. The SMILES string of the molecule is CN(C)c1cc(CN(C)S(=O)(=O)Cc2ccccc2)nc([C@@H]2CCCN2)n1. The van der Waals surface area contributed by atoms with Crippen LogP contribution < -0.4 is 10.2 Å². The maximum atomic E-state index is 12.7. The summed E-state index contributed by atoms with van der Waals surface area (Å²) < 4.78 is 26.8. The largest absolute Gasteiger partial charge is 0.363 e. The molecule has 1 N–H and O–H groups in total. The average molecular weight is 390 g/mol. The van der Waals surface area contributed by atoms with E-state index < -0.39 is 10.0 Å². The molecule has 0 unspecified atom stereocenters. The Balaban J connectivity index is 1.80. The van der Waals surface area contributed by atoms with E-state index in [-0.39, 0.29) is 18.3 Å². The van der Waals surface area contributed by atoms with Gasteiger partial charge in [-0.2, -0.15) is 4.31 Å². The second-order valence-electron chi connectivity index (χ2n) is 7.12. The molecule has 1 atom stereocenters. The third kappa shape index (κ3) is 5.03. The first kappa shape index (κ1) is 19.7. The van der Waals surface area contributed by atoms with Gasteiger partial charge in [0.05, 0.1) is 24.0 Å². The van der Waals surface area contributed by atoms with Crippen molar-refractivity contribution in [2.75, 3.05) is 32.6 Å². The van der Waals surface area contributed by atoms with Crippen LogP contribution in [0.4, 0.5) is 5.82 Å². The summed E-state index contributed by atoms with van der Waals surface area (Å²) in [5.74, 6) is 1.51. The van der Waals surface area contributed by atoms with Gasteiger partial charge in [0.1, 0.15) is 11.6 Å². The number of rotatable bonds is 7. The van der Waals surface area contributed by atoms with E-state index in [1.165, 1.54) is 4.31 Å². The summed E-state index contributed by atoms with van der Waals surface area (Å²) in [5.41, 5.74) is 1.48. The second-order valence-corrected chi connectivity index (χ2v) is 9.19. The summed E-state index contributed by atoms with van der Waals surface area (Å²) in [6.07, 6.45) is 2.10. The lowest BCUT2D eigenvalue weighted by Crippen LogP contribution is -2.29. The van der Waals surface area contributed by atoms with Crippen molar-refractivity contribution in [2.24, 2.45) is 0 Å². The minimum absolute atomic E-state index is 0.0208. The number of aromatic nitrogens is 2. The first-order valence-electron chi connectivity index (χ1n) is 9.11. The lowest BCUT2D eigenvalue weighted by molar-refractivity contribution is 0.458. The van der Waals surface area contributed by atoms with Crippen molar-refractivity contribution in [1.29, 1.82) is 0 Å².